The third kappa shape index (κ3) is 1.50. The van der Waals surface area contributed by atoms with Crippen molar-refractivity contribution >= 4 is 21.9 Å². The van der Waals surface area contributed by atoms with Gasteiger partial charge in [-0.3, -0.25) is 0 Å². The van der Waals surface area contributed by atoms with Gasteiger partial charge in [0, 0.05) is 17.6 Å². The second kappa shape index (κ2) is 3.51. The van der Waals surface area contributed by atoms with E-state index in [1.807, 2.05) is 0 Å². The molecule has 84 valence electrons. The molecular formula is C11H7N3O3. The number of pyridine rings is 2. The molecule has 17 heavy (non-hydrogen) atoms. The third-order valence-electron chi connectivity index (χ3n) is 2.40. The Morgan fingerprint density at radius 3 is 3.00 bits per heavy atom. The van der Waals surface area contributed by atoms with Gasteiger partial charge in [-0.1, -0.05) is 0 Å². The van der Waals surface area contributed by atoms with Crippen molar-refractivity contribution < 1.29 is 9.15 Å². The fourth-order valence-corrected chi connectivity index (χ4v) is 1.62. The monoisotopic (exact) mass is 229 g/mol. The zero-order chi connectivity index (χ0) is 11.8. The first kappa shape index (κ1) is 9.71. The zero-order valence-corrected chi connectivity index (χ0v) is 8.88. The highest BCUT2D eigenvalue weighted by atomic mass is 16.5. The van der Waals surface area contributed by atoms with Crippen LogP contribution < -0.4 is 10.5 Å². The van der Waals surface area contributed by atoms with Gasteiger partial charge in [0.1, 0.15) is 6.26 Å². The molecule has 0 N–H and O–H groups in total. The van der Waals surface area contributed by atoms with Crippen LogP contribution in [-0.4, -0.2) is 22.1 Å². The molecule has 6 heteroatoms. The highest BCUT2D eigenvalue weighted by Gasteiger charge is 2.06. The average Bonchev–Trinajstić information content (AvgIpc) is 2.37. The van der Waals surface area contributed by atoms with E-state index >= 15 is 0 Å². The standard InChI is InChI=1S/C11H7N3O3/c1-16-8-3-2-7-9-6(4-12-10(7)13-8)5-17-11(15)14-9/h2-5H,1H3. The quantitative estimate of drug-likeness (QED) is 0.582. The topological polar surface area (TPSA) is 78.1 Å². The molecule has 0 fully saturated rings. The van der Waals surface area contributed by atoms with Crippen LogP contribution in [0.5, 0.6) is 5.88 Å². The summed E-state index contributed by atoms with van der Waals surface area (Å²) in [5.41, 5.74) is 1.01. The molecule has 0 aromatic carbocycles. The summed E-state index contributed by atoms with van der Waals surface area (Å²) < 4.78 is 9.69. The Hall–Kier alpha value is -2.50. The first-order valence-corrected chi connectivity index (χ1v) is 4.87. The number of methoxy groups -OCH3 is 1. The molecule has 3 rings (SSSR count). The van der Waals surface area contributed by atoms with E-state index in [1.54, 1.807) is 18.3 Å². The Kier molecular flexibility index (Phi) is 2.01. The van der Waals surface area contributed by atoms with E-state index in [2.05, 4.69) is 19.4 Å². The molecule has 0 saturated heterocycles. The summed E-state index contributed by atoms with van der Waals surface area (Å²) in [6, 6.07) is 3.46. The van der Waals surface area contributed by atoms with Crippen LogP contribution in [-0.2, 0) is 0 Å². The maximum atomic E-state index is 11.1. The fourth-order valence-electron chi connectivity index (χ4n) is 1.62. The largest absolute Gasteiger partial charge is 0.481 e. The number of nitrogens with zero attached hydrogens (tertiary/aromatic N) is 3. The lowest BCUT2D eigenvalue weighted by Gasteiger charge is -2.02. The minimum atomic E-state index is -0.638. The summed E-state index contributed by atoms with van der Waals surface area (Å²) in [6.07, 6.45) is 2.89. The number of ether oxygens (including phenoxy) is 1. The minimum Gasteiger partial charge on any atom is -0.481 e. The molecule has 3 heterocycles. The molecule has 0 amide bonds. The number of hydrogen-bond acceptors (Lipinski definition) is 6. The van der Waals surface area contributed by atoms with E-state index in [1.165, 1.54) is 13.4 Å². The normalized spacial score (nSPS) is 10.9. The summed E-state index contributed by atoms with van der Waals surface area (Å²) in [7, 11) is 1.53. The van der Waals surface area contributed by atoms with E-state index in [4.69, 9.17) is 4.74 Å². The molecular weight excluding hydrogens is 222 g/mol. The van der Waals surface area contributed by atoms with Crippen molar-refractivity contribution in [2.75, 3.05) is 7.11 Å². The lowest BCUT2D eigenvalue weighted by molar-refractivity contribution is 0.399. The predicted molar refractivity (Wildman–Crippen MR) is 59.9 cm³/mol. The van der Waals surface area contributed by atoms with Crippen LogP contribution in [0, 0.1) is 0 Å². The van der Waals surface area contributed by atoms with Gasteiger partial charge in [0.05, 0.1) is 18.0 Å². The summed E-state index contributed by atoms with van der Waals surface area (Å²) in [5, 5.41) is 1.35. The number of rotatable bonds is 1. The number of aromatic nitrogens is 3. The van der Waals surface area contributed by atoms with Gasteiger partial charge < -0.3 is 9.15 Å². The van der Waals surface area contributed by atoms with Crippen LogP contribution >= 0.6 is 0 Å². The van der Waals surface area contributed by atoms with Gasteiger partial charge in [-0.2, -0.15) is 9.97 Å². The molecule has 0 saturated carbocycles. The van der Waals surface area contributed by atoms with Gasteiger partial charge in [-0.05, 0) is 6.07 Å². The second-order valence-corrected chi connectivity index (χ2v) is 3.40. The first-order valence-electron chi connectivity index (χ1n) is 4.87. The predicted octanol–water partition coefficient (Wildman–Crippen LogP) is 1.14. The van der Waals surface area contributed by atoms with Gasteiger partial charge in [-0.15, -0.1) is 0 Å². The lowest BCUT2D eigenvalue weighted by Crippen LogP contribution is -2.03. The first-order chi connectivity index (χ1) is 8.28. The SMILES string of the molecule is COc1ccc2c(ncc3coc(=O)nc32)n1. The summed E-state index contributed by atoms with van der Waals surface area (Å²) in [5.74, 6) is -0.173. The third-order valence-corrected chi connectivity index (χ3v) is 2.40. The Morgan fingerprint density at radius 1 is 1.29 bits per heavy atom. The van der Waals surface area contributed by atoms with Gasteiger partial charge in [0.25, 0.3) is 0 Å². The van der Waals surface area contributed by atoms with Crippen molar-refractivity contribution in [3.05, 3.63) is 35.1 Å². The van der Waals surface area contributed by atoms with E-state index in [9.17, 15) is 4.79 Å². The Bertz CT molecular complexity index is 767. The maximum Gasteiger partial charge on any atom is 0.439 e. The van der Waals surface area contributed by atoms with Gasteiger partial charge in [-0.25, -0.2) is 9.78 Å². The van der Waals surface area contributed by atoms with E-state index in [0.717, 1.165) is 0 Å². The molecule has 0 atom stereocenters. The van der Waals surface area contributed by atoms with Gasteiger partial charge in [0.2, 0.25) is 5.88 Å². The summed E-state index contributed by atoms with van der Waals surface area (Å²) in [6.45, 7) is 0. The average molecular weight is 229 g/mol. The molecule has 3 aromatic heterocycles. The van der Waals surface area contributed by atoms with Crippen LogP contribution in [0.15, 0.2) is 33.8 Å². The summed E-state index contributed by atoms with van der Waals surface area (Å²) >= 11 is 0. The Morgan fingerprint density at radius 2 is 2.18 bits per heavy atom. The van der Waals surface area contributed by atoms with Crippen LogP contribution in [0.3, 0.4) is 0 Å². The minimum absolute atomic E-state index is 0.465. The molecule has 0 unspecified atom stereocenters. The Labute approximate surface area is 94.9 Å². The van der Waals surface area contributed by atoms with Crippen molar-refractivity contribution in [2.45, 2.75) is 0 Å². The van der Waals surface area contributed by atoms with E-state index in [0.29, 0.717) is 27.8 Å². The van der Waals surface area contributed by atoms with E-state index < -0.39 is 5.76 Å². The second-order valence-electron chi connectivity index (χ2n) is 3.40. The summed E-state index contributed by atoms with van der Waals surface area (Å²) in [4.78, 5) is 23.2. The fraction of sp³-hybridized carbons (Fsp3) is 0.0909. The van der Waals surface area contributed by atoms with Crippen molar-refractivity contribution in [3.8, 4) is 5.88 Å². The molecule has 6 nitrogen and oxygen atoms in total. The lowest BCUT2D eigenvalue weighted by atomic mass is 10.2. The van der Waals surface area contributed by atoms with Crippen molar-refractivity contribution in [2.24, 2.45) is 0 Å². The van der Waals surface area contributed by atoms with Crippen LogP contribution in [0.4, 0.5) is 0 Å². The van der Waals surface area contributed by atoms with Crippen molar-refractivity contribution in [1.29, 1.82) is 0 Å². The molecule has 0 radical (unpaired) electrons. The molecule has 3 aromatic rings. The van der Waals surface area contributed by atoms with Crippen molar-refractivity contribution in [3.63, 3.8) is 0 Å². The van der Waals surface area contributed by atoms with E-state index in [-0.39, 0.29) is 0 Å². The van der Waals surface area contributed by atoms with Gasteiger partial charge >= 0.3 is 5.76 Å². The smallest absolute Gasteiger partial charge is 0.439 e. The van der Waals surface area contributed by atoms with Crippen LogP contribution in [0.1, 0.15) is 0 Å². The van der Waals surface area contributed by atoms with Crippen LogP contribution in [0.2, 0.25) is 0 Å². The molecule has 0 bridgehead atoms. The molecule has 0 aliphatic heterocycles. The van der Waals surface area contributed by atoms with Gasteiger partial charge in [0.15, 0.2) is 5.65 Å². The molecule has 0 aliphatic carbocycles. The van der Waals surface area contributed by atoms with Crippen LogP contribution in [0.25, 0.3) is 21.9 Å². The zero-order valence-electron chi connectivity index (χ0n) is 8.88. The maximum absolute atomic E-state index is 11.1. The molecule has 0 aliphatic rings. The number of fused-ring (bicyclic) bond motifs is 3. The number of hydrogen-bond donors (Lipinski definition) is 0. The van der Waals surface area contributed by atoms with Crippen molar-refractivity contribution in [1.82, 2.24) is 15.0 Å². The molecule has 0 spiro atoms. The highest BCUT2D eigenvalue weighted by molar-refractivity contribution is 6.00. The Balaban J connectivity index is 2.46. The highest BCUT2D eigenvalue weighted by Crippen LogP contribution is 2.21.